The number of hydrogen-bond donors (Lipinski definition) is 2. The van der Waals surface area contributed by atoms with Gasteiger partial charge in [-0.1, -0.05) is 13.0 Å². The molecular formula is C14H17NO4S. The molecule has 0 saturated carbocycles. The molecule has 0 aliphatic heterocycles. The number of aromatic carboxylic acids is 1. The molecule has 108 valence electrons. The fourth-order valence-corrected chi connectivity index (χ4v) is 3.05. The fourth-order valence-electron chi connectivity index (χ4n) is 1.68. The Labute approximate surface area is 119 Å². The van der Waals surface area contributed by atoms with Crippen LogP contribution in [0, 0.1) is 11.8 Å². The van der Waals surface area contributed by atoms with E-state index in [-0.39, 0.29) is 17.0 Å². The van der Waals surface area contributed by atoms with Gasteiger partial charge < -0.3 is 5.11 Å². The molecule has 20 heavy (non-hydrogen) atoms. The number of benzene rings is 1. The maximum absolute atomic E-state index is 12.2. The number of carboxylic acids is 1. The summed E-state index contributed by atoms with van der Waals surface area (Å²) in [6.07, 6.45) is 0.917. The lowest BCUT2D eigenvalue weighted by Crippen LogP contribution is -2.26. The Hall–Kier alpha value is -1.84. The minimum Gasteiger partial charge on any atom is -0.478 e. The third-order valence-corrected chi connectivity index (χ3v) is 4.25. The van der Waals surface area contributed by atoms with E-state index in [1.807, 2.05) is 6.92 Å². The summed E-state index contributed by atoms with van der Waals surface area (Å²) in [4.78, 5) is 11.0. The van der Waals surface area contributed by atoms with Crippen LogP contribution in [0.5, 0.6) is 0 Å². The number of rotatable bonds is 6. The Morgan fingerprint density at radius 1 is 1.40 bits per heavy atom. The van der Waals surface area contributed by atoms with Gasteiger partial charge in [-0.05, 0) is 31.0 Å². The molecule has 2 N–H and O–H groups in total. The quantitative estimate of drug-likeness (QED) is 0.617. The van der Waals surface area contributed by atoms with Crippen molar-refractivity contribution in [1.29, 1.82) is 0 Å². The van der Waals surface area contributed by atoms with Gasteiger partial charge in [-0.15, -0.1) is 11.8 Å². The van der Waals surface area contributed by atoms with Crippen molar-refractivity contribution >= 4 is 16.0 Å². The first-order chi connectivity index (χ1) is 9.42. The van der Waals surface area contributed by atoms with Gasteiger partial charge in [-0.2, -0.15) is 0 Å². The predicted octanol–water partition coefficient (Wildman–Crippen LogP) is 1.64. The maximum Gasteiger partial charge on any atom is 0.335 e. The van der Waals surface area contributed by atoms with Crippen LogP contribution in [0.1, 0.15) is 36.2 Å². The molecule has 0 unspecified atom stereocenters. The Kier molecular flexibility index (Phi) is 5.74. The summed E-state index contributed by atoms with van der Waals surface area (Å²) in [5.74, 6) is 4.29. The zero-order valence-electron chi connectivity index (χ0n) is 11.4. The zero-order chi connectivity index (χ0) is 15.2. The second-order valence-electron chi connectivity index (χ2n) is 4.06. The van der Waals surface area contributed by atoms with Crippen LogP contribution in [0.4, 0.5) is 0 Å². The van der Waals surface area contributed by atoms with Gasteiger partial charge >= 0.3 is 5.97 Å². The number of hydrogen-bond acceptors (Lipinski definition) is 3. The summed E-state index contributed by atoms with van der Waals surface area (Å²) in [5.41, 5.74) is 0.542. The van der Waals surface area contributed by atoms with Crippen molar-refractivity contribution in [3.05, 3.63) is 29.3 Å². The van der Waals surface area contributed by atoms with E-state index in [2.05, 4.69) is 16.6 Å². The molecule has 0 bridgehead atoms. The normalized spacial score (nSPS) is 10.7. The summed E-state index contributed by atoms with van der Waals surface area (Å²) in [7, 11) is -3.72. The fraction of sp³-hybridized carbons (Fsp3) is 0.357. The van der Waals surface area contributed by atoms with Gasteiger partial charge in [0.05, 0.1) is 10.5 Å². The van der Waals surface area contributed by atoms with Gasteiger partial charge in [0.1, 0.15) is 0 Å². The minimum atomic E-state index is -3.72. The van der Waals surface area contributed by atoms with Crippen LogP contribution in [0.2, 0.25) is 0 Å². The Balaban J connectivity index is 3.10. The molecule has 0 fully saturated rings. The maximum atomic E-state index is 12.2. The third kappa shape index (κ3) is 4.08. The van der Waals surface area contributed by atoms with Crippen LogP contribution in [-0.2, 0) is 16.4 Å². The van der Waals surface area contributed by atoms with Crippen molar-refractivity contribution in [1.82, 2.24) is 4.72 Å². The van der Waals surface area contributed by atoms with Crippen LogP contribution in [0.25, 0.3) is 0 Å². The molecule has 1 aromatic rings. The first-order valence-corrected chi connectivity index (χ1v) is 7.66. The lowest BCUT2D eigenvalue weighted by Gasteiger charge is -2.10. The van der Waals surface area contributed by atoms with Gasteiger partial charge in [0, 0.05) is 13.0 Å². The van der Waals surface area contributed by atoms with Crippen molar-refractivity contribution in [2.75, 3.05) is 6.54 Å². The van der Waals surface area contributed by atoms with E-state index in [9.17, 15) is 13.2 Å². The standard InChI is InChI=1S/C14H17NO4S/c1-3-5-6-9-15-20(18,19)13-10-12(14(16)17)8-7-11(13)4-2/h7-8,10,15H,4,6,9H2,1-2H3,(H,16,17). The van der Waals surface area contributed by atoms with Gasteiger partial charge in [0.2, 0.25) is 10.0 Å². The van der Waals surface area contributed by atoms with Crippen molar-refractivity contribution < 1.29 is 18.3 Å². The van der Waals surface area contributed by atoms with Gasteiger partial charge in [0.15, 0.2) is 0 Å². The first kappa shape index (κ1) is 16.2. The summed E-state index contributed by atoms with van der Waals surface area (Å²) in [6, 6.07) is 4.13. The monoisotopic (exact) mass is 295 g/mol. The molecule has 0 heterocycles. The number of carbonyl (C=O) groups is 1. The molecule has 0 radical (unpaired) electrons. The van der Waals surface area contributed by atoms with Crippen molar-refractivity contribution in [3.8, 4) is 11.8 Å². The lowest BCUT2D eigenvalue weighted by molar-refractivity contribution is 0.0696. The van der Waals surface area contributed by atoms with Gasteiger partial charge in [-0.25, -0.2) is 17.9 Å². The molecule has 0 atom stereocenters. The molecular weight excluding hydrogens is 278 g/mol. The summed E-state index contributed by atoms with van der Waals surface area (Å²) >= 11 is 0. The van der Waals surface area contributed by atoms with Crippen molar-refractivity contribution in [3.63, 3.8) is 0 Å². The predicted molar refractivity (Wildman–Crippen MR) is 76.0 cm³/mol. The Morgan fingerprint density at radius 3 is 2.65 bits per heavy atom. The highest BCUT2D eigenvalue weighted by atomic mass is 32.2. The smallest absolute Gasteiger partial charge is 0.335 e. The number of sulfonamides is 1. The van der Waals surface area contributed by atoms with Crippen LogP contribution in [0.3, 0.4) is 0 Å². The molecule has 0 aliphatic rings. The third-order valence-electron chi connectivity index (χ3n) is 2.70. The average molecular weight is 295 g/mol. The highest BCUT2D eigenvalue weighted by molar-refractivity contribution is 7.89. The molecule has 5 nitrogen and oxygen atoms in total. The lowest BCUT2D eigenvalue weighted by atomic mass is 10.1. The summed E-state index contributed by atoms with van der Waals surface area (Å²) in [5, 5.41) is 8.95. The Morgan fingerprint density at radius 2 is 2.10 bits per heavy atom. The molecule has 0 aromatic heterocycles. The number of carboxylic acid groups (broad SMARTS) is 1. The molecule has 1 aromatic carbocycles. The first-order valence-electron chi connectivity index (χ1n) is 6.18. The SMILES string of the molecule is CC#CCCNS(=O)(=O)c1cc(C(=O)O)ccc1CC. The minimum absolute atomic E-state index is 0.0179. The van der Waals surface area contributed by atoms with Crippen LogP contribution in [-0.4, -0.2) is 26.0 Å². The van der Waals surface area contributed by atoms with E-state index in [0.717, 1.165) is 0 Å². The summed E-state index contributed by atoms with van der Waals surface area (Å²) in [6.45, 7) is 3.70. The van der Waals surface area contributed by atoms with Crippen LogP contribution < -0.4 is 4.72 Å². The van der Waals surface area contributed by atoms with E-state index in [0.29, 0.717) is 18.4 Å². The Bertz CT molecular complexity index is 653. The van der Waals surface area contributed by atoms with E-state index < -0.39 is 16.0 Å². The second-order valence-corrected chi connectivity index (χ2v) is 5.79. The average Bonchev–Trinajstić information content (AvgIpc) is 2.42. The molecule has 0 saturated heterocycles. The highest BCUT2D eigenvalue weighted by Crippen LogP contribution is 2.18. The summed E-state index contributed by atoms with van der Waals surface area (Å²) < 4.78 is 26.8. The van der Waals surface area contributed by atoms with Crippen molar-refractivity contribution in [2.24, 2.45) is 0 Å². The van der Waals surface area contributed by atoms with Crippen LogP contribution >= 0.6 is 0 Å². The molecule has 0 spiro atoms. The van der Waals surface area contributed by atoms with E-state index in [4.69, 9.17) is 5.11 Å². The van der Waals surface area contributed by atoms with Gasteiger partial charge in [0.25, 0.3) is 0 Å². The van der Waals surface area contributed by atoms with E-state index >= 15 is 0 Å². The largest absolute Gasteiger partial charge is 0.478 e. The zero-order valence-corrected chi connectivity index (χ0v) is 12.3. The van der Waals surface area contributed by atoms with Gasteiger partial charge in [-0.3, -0.25) is 0 Å². The second kappa shape index (κ2) is 7.08. The van der Waals surface area contributed by atoms with Crippen LogP contribution in [0.15, 0.2) is 23.1 Å². The number of aryl methyl sites for hydroxylation is 1. The van der Waals surface area contributed by atoms with E-state index in [1.54, 1.807) is 6.92 Å². The molecule has 6 heteroatoms. The van der Waals surface area contributed by atoms with E-state index in [1.165, 1.54) is 18.2 Å². The topological polar surface area (TPSA) is 83.5 Å². The molecule has 1 rings (SSSR count). The molecule has 0 amide bonds. The number of nitrogens with one attached hydrogen (secondary N) is 1. The highest BCUT2D eigenvalue weighted by Gasteiger charge is 2.19. The molecule has 0 aliphatic carbocycles. The van der Waals surface area contributed by atoms with Crippen molar-refractivity contribution in [2.45, 2.75) is 31.6 Å².